The van der Waals surface area contributed by atoms with Crippen LogP contribution < -0.4 is 5.32 Å². The summed E-state index contributed by atoms with van der Waals surface area (Å²) in [5, 5.41) is 21.2. The Labute approximate surface area is 91.8 Å². The number of aromatic hydroxyl groups is 1. The topological polar surface area (TPSA) is 81.9 Å². The van der Waals surface area contributed by atoms with Gasteiger partial charge < -0.3 is 15.5 Å². The van der Waals surface area contributed by atoms with Gasteiger partial charge in [0.05, 0.1) is 12.1 Å². The van der Waals surface area contributed by atoms with Gasteiger partial charge >= 0.3 is 0 Å². The van der Waals surface area contributed by atoms with Crippen molar-refractivity contribution in [2.24, 2.45) is 4.99 Å². The average molecular weight is 218 g/mol. The fourth-order valence-electron chi connectivity index (χ4n) is 1.33. The molecular formula is C11H10N2O3. The minimum Gasteiger partial charge on any atom is -0.510 e. The zero-order chi connectivity index (χ0) is 11.5. The van der Waals surface area contributed by atoms with Crippen LogP contribution in [0, 0.1) is 0 Å². The molecule has 0 aromatic heterocycles. The number of nitrogens with zero attached hydrogens (tertiary/aromatic N) is 1. The lowest BCUT2D eigenvalue weighted by Gasteiger charge is -1.96. The number of benzene rings is 1. The third-order valence-corrected chi connectivity index (χ3v) is 2.19. The SMILES string of the molecule is O=C1NCC(O)=C1C=Nc1ccccc1O. The first-order valence-electron chi connectivity index (χ1n) is 4.71. The Balaban J connectivity index is 2.25. The molecule has 5 heteroatoms. The van der Waals surface area contributed by atoms with E-state index in [0.29, 0.717) is 5.69 Å². The number of phenols is 1. The second kappa shape index (κ2) is 4.06. The molecule has 0 radical (unpaired) electrons. The Bertz CT molecular complexity index is 492. The first-order valence-corrected chi connectivity index (χ1v) is 4.71. The molecule has 0 atom stereocenters. The largest absolute Gasteiger partial charge is 0.510 e. The van der Waals surface area contributed by atoms with E-state index < -0.39 is 0 Å². The van der Waals surface area contributed by atoms with Crippen LogP contribution in [0.1, 0.15) is 0 Å². The highest BCUT2D eigenvalue weighted by Crippen LogP contribution is 2.24. The van der Waals surface area contributed by atoms with Crippen LogP contribution in [-0.2, 0) is 4.79 Å². The Kier molecular flexibility index (Phi) is 2.59. The van der Waals surface area contributed by atoms with Crippen LogP contribution >= 0.6 is 0 Å². The molecule has 0 saturated heterocycles. The standard InChI is InChI=1S/C11H10N2O3/c14-9-4-2-1-3-8(9)12-5-7-10(15)6-13-11(7)16/h1-5,14-15H,6H2,(H,13,16). The van der Waals surface area contributed by atoms with E-state index in [1.165, 1.54) is 12.3 Å². The molecule has 1 aliphatic rings. The highest BCUT2D eigenvalue weighted by Gasteiger charge is 2.20. The molecule has 82 valence electrons. The summed E-state index contributed by atoms with van der Waals surface area (Å²) in [7, 11) is 0. The molecule has 1 aromatic carbocycles. The van der Waals surface area contributed by atoms with Gasteiger partial charge in [0.25, 0.3) is 5.91 Å². The van der Waals surface area contributed by atoms with Crippen LogP contribution in [0.25, 0.3) is 0 Å². The van der Waals surface area contributed by atoms with Crippen LogP contribution in [-0.4, -0.2) is 28.9 Å². The second-order valence-corrected chi connectivity index (χ2v) is 3.29. The molecular weight excluding hydrogens is 208 g/mol. The highest BCUT2D eigenvalue weighted by molar-refractivity contribution is 6.14. The highest BCUT2D eigenvalue weighted by atomic mass is 16.3. The van der Waals surface area contributed by atoms with E-state index in [-0.39, 0.29) is 29.5 Å². The lowest BCUT2D eigenvalue weighted by molar-refractivity contribution is -0.116. The number of nitrogens with one attached hydrogen (secondary N) is 1. The summed E-state index contributed by atoms with van der Waals surface area (Å²) in [5.41, 5.74) is 0.478. The maximum absolute atomic E-state index is 11.2. The van der Waals surface area contributed by atoms with E-state index in [1.807, 2.05) is 0 Å². The molecule has 0 fully saturated rings. The Hall–Kier alpha value is -2.30. The van der Waals surface area contributed by atoms with Crippen molar-refractivity contribution < 1.29 is 15.0 Å². The zero-order valence-corrected chi connectivity index (χ0v) is 8.34. The predicted octanol–water partition coefficient (Wildman–Crippen LogP) is 1.04. The Morgan fingerprint density at radius 1 is 1.31 bits per heavy atom. The van der Waals surface area contributed by atoms with Crippen molar-refractivity contribution in [2.45, 2.75) is 0 Å². The normalized spacial score (nSPS) is 15.9. The molecule has 0 spiro atoms. The van der Waals surface area contributed by atoms with Crippen molar-refractivity contribution in [3.05, 3.63) is 35.6 Å². The predicted molar refractivity (Wildman–Crippen MR) is 58.9 cm³/mol. The number of aliphatic imine (C=N–C) groups is 1. The molecule has 0 aliphatic carbocycles. The van der Waals surface area contributed by atoms with Crippen molar-refractivity contribution >= 4 is 17.8 Å². The van der Waals surface area contributed by atoms with Crippen molar-refractivity contribution in [2.75, 3.05) is 6.54 Å². The number of aliphatic hydroxyl groups is 1. The summed E-state index contributed by atoms with van der Waals surface area (Å²) in [5.74, 6) is -0.377. The summed E-state index contributed by atoms with van der Waals surface area (Å²) >= 11 is 0. The van der Waals surface area contributed by atoms with Crippen LogP contribution in [0.4, 0.5) is 5.69 Å². The molecule has 1 amide bonds. The van der Waals surface area contributed by atoms with Gasteiger partial charge in [-0.2, -0.15) is 0 Å². The van der Waals surface area contributed by atoms with Gasteiger partial charge in [-0.05, 0) is 12.1 Å². The van der Waals surface area contributed by atoms with Gasteiger partial charge in [-0.1, -0.05) is 12.1 Å². The van der Waals surface area contributed by atoms with Crippen LogP contribution in [0.2, 0.25) is 0 Å². The van der Waals surface area contributed by atoms with Crippen LogP contribution in [0.3, 0.4) is 0 Å². The number of carbonyl (C=O) groups is 1. The minimum atomic E-state index is -0.364. The van der Waals surface area contributed by atoms with Gasteiger partial charge in [0, 0.05) is 6.21 Å². The summed E-state index contributed by atoms with van der Waals surface area (Å²) < 4.78 is 0. The third-order valence-electron chi connectivity index (χ3n) is 2.19. The van der Waals surface area contributed by atoms with Crippen molar-refractivity contribution in [3.63, 3.8) is 0 Å². The molecule has 1 heterocycles. The maximum atomic E-state index is 11.2. The molecule has 1 aliphatic heterocycles. The minimum absolute atomic E-state index is 0.0252. The van der Waals surface area contributed by atoms with E-state index in [4.69, 9.17) is 0 Å². The maximum Gasteiger partial charge on any atom is 0.256 e. The number of carbonyl (C=O) groups excluding carboxylic acids is 1. The number of hydrogen-bond donors (Lipinski definition) is 3. The third kappa shape index (κ3) is 1.88. The van der Waals surface area contributed by atoms with E-state index in [0.717, 1.165) is 0 Å². The summed E-state index contributed by atoms with van der Waals surface area (Å²) in [6.07, 6.45) is 1.24. The Morgan fingerprint density at radius 2 is 2.06 bits per heavy atom. The number of rotatable bonds is 2. The molecule has 0 bridgehead atoms. The van der Waals surface area contributed by atoms with Gasteiger partial charge in [0.2, 0.25) is 0 Å². The number of phenolic OH excluding ortho intramolecular Hbond substituents is 1. The fourth-order valence-corrected chi connectivity index (χ4v) is 1.33. The molecule has 3 N–H and O–H groups in total. The smallest absolute Gasteiger partial charge is 0.256 e. The fraction of sp³-hybridized carbons (Fsp3) is 0.0909. The summed E-state index contributed by atoms with van der Waals surface area (Å²) in [6, 6.07) is 6.49. The molecule has 1 aromatic rings. The lowest BCUT2D eigenvalue weighted by atomic mass is 10.2. The molecule has 0 unspecified atom stereocenters. The molecule has 16 heavy (non-hydrogen) atoms. The van der Waals surface area contributed by atoms with Gasteiger partial charge in [0.1, 0.15) is 17.2 Å². The number of hydrogen-bond acceptors (Lipinski definition) is 4. The van der Waals surface area contributed by atoms with Gasteiger partial charge in [-0.3, -0.25) is 9.79 Å². The van der Waals surface area contributed by atoms with Gasteiger partial charge in [-0.15, -0.1) is 0 Å². The van der Waals surface area contributed by atoms with Crippen molar-refractivity contribution in [1.82, 2.24) is 5.32 Å². The van der Waals surface area contributed by atoms with Gasteiger partial charge in [0.15, 0.2) is 0 Å². The van der Waals surface area contributed by atoms with E-state index in [9.17, 15) is 15.0 Å². The van der Waals surface area contributed by atoms with Crippen LogP contribution in [0.15, 0.2) is 40.6 Å². The summed E-state index contributed by atoms with van der Waals surface area (Å²) in [4.78, 5) is 15.1. The number of amides is 1. The zero-order valence-electron chi connectivity index (χ0n) is 8.34. The number of para-hydroxylation sites is 2. The second-order valence-electron chi connectivity index (χ2n) is 3.29. The first-order chi connectivity index (χ1) is 7.68. The van der Waals surface area contributed by atoms with Crippen LogP contribution in [0.5, 0.6) is 5.75 Å². The molecule has 0 saturated carbocycles. The van der Waals surface area contributed by atoms with Crippen molar-refractivity contribution in [3.8, 4) is 5.75 Å². The Morgan fingerprint density at radius 3 is 2.69 bits per heavy atom. The van der Waals surface area contributed by atoms with E-state index in [1.54, 1.807) is 18.2 Å². The quantitative estimate of drug-likeness (QED) is 0.648. The number of aliphatic hydroxyl groups excluding tert-OH is 1. The molecule has 2 rings (SSSR count). The van der Waals surface area contributed by atoms with Crippen molar-refractivity contribution in [1.29, 1.82) is 0 Å². The first kappa shape index (κ1) is 10.2. The lowest BCUT2D eigenvalue weighted by Crippen LogP contribution is -2.17. The van der Waals surface area contributed by atoms with E-state index in [2.05, 4.69) is 10.3 Å². The van der Waals surface area contributed by atoms with Gasteiger partial charge in [-0.25, -0.2) is 0 Å². The summed E-state index contributed by atoms with van der Waals surface area (Å²) in [6.45, 7) is 0.126. The molecule has 5 nitrogen and oxygen atoms in total. The monoisotopic (exact) mass is 218 g/mol. The average Bonchev–Trinajstić information content (AvgIpc) is 2.58. The van der Waals surface area contributed by atoms with E-state index >= 15 is 0 Å².